The van der Waals surface area contributed by atoms with Crippen LogP contribution in [0, 0.1) is 0 Å². The third-order valence-corrected chi connectivity index (χ3v) is 5.10. The van der Waals surface area contributed by atoms with Gasteiger partial charge in [-0.3, -0.25) is 9.88 Å². The van der Waals surface area contributed by atoms with Crippen molar-refractivity contribution in [3.63, 3.8) is 0 Å². The largest absolute Gasteiger partial charge is 0.337 e. The molecule has 140 valence electrons. The number of likely N-dealkylation sites (tertiary alicyclic amines) is 1. The van der Waals surface area contributed by atoms with Gasteiger partial charge in [0.25, 0.3) is 0 Å². The molecule has 5 heterocycles. The number of rotatable bonds is 5. The highest BCUT2D eigenvalue weighted by Gasteiger charge is 2.31. The van der Waals surface area contributed by atoms with Gasteiger partial charge >= 0.3 is 0 Å². The molecule has 1 saturated heterocycles. The lowest BCUT2D eigenvalue weighted by atomic mass is 10.2. The molecule has 1 aliphatic heterocycles. The monoisotopic (exact) mass is 372 g/mol. The topological polar surface area (TPSA) is 72.9 Å². The van der Waals surface area contributed by atoms with E-state index in [0.29, 0.717) is 11.7 Å². The van der Waals surface area contributed by atoms with Gasteiger partial charge in [0.2, 0.25) is 11.7 Å². The van der Waals surface area contributed by atoms with Crippen molar-refractivity contribution >= 4 is 0 Å². The Balaban J connectivity index is 1.38. The summed E-state index contributed by atoms with van der Waals surface area (Å²) in [5, 5.41) is 4.16. The summed E-state index contributed by atoms with van der Waals surface area (Å²) in [6.07, 6.45) is 9.48. The molecule has 0 N–H and O–H groups in total. The molecule has 1 fully saturated rings. The fraction of sp³-hybridized carbons (Fsp3) is 0.238. The number of aromatic nitrogens is 5. The highest BCUT2D eigenvalue weighted by molar-refractivity contribution is 5.51. The Bertz CT molecular complexity index is 1040. The molecule has 1 atom stereocenters. The van der Waals surface area contributed by atoms with Crippen LogP contribution in [-0.4, -0.2) is 36.1 Å². The molecule has 0 saturated carbocycles. The summed E-state index contributed by atoms with van der Waals surface area (Å²) in [6, 6.07) is 14.1. The van der Waals surface area contributed by atoms with Crippen LogP contribution in [0.4, 0.5) is 0 Å². The van der Waals surface area contributed by atoms with E-state index in [0.717, 1.165) is 37.3 Å². The maximum Gasteiger partial charge on any atom is 0.244 e. The van der Waals surface area contributed by atoms with E-state index in [9.17, 15) is 0 Å². The number of pyridine rings is 2. The Labute approximate surface area is 162 Å². The highest BCUT2D eigenvalue weighted by Crippen LogP contribution is 2.33. The number of nitrogens with zero attached hydrogens (tertiary/aromatic N) is 6. The van der Waals surface area contributed by atoms with Gasteiger partial charge in [-0.25, -0.2) is 4.98 Å². The zero-order valence-electron chi connectivity index (χ0n) is 15.3. The molecule has 7 heteroatoms. The van der Waals surface area contributed by atoms with Gasteiger partial charge in [0.1, 0.15) is 5.82 Å². The van der Waals surface area contributed by atoms with Crippen molar-refractivity contribution in [2.75, 3.05) is 6.54 Å². The Morgan fingerprint density at radius 3 is 2.93 bits per heavy atom. The van der Waals surface area contributed by atoms with Crippen molar-refractivity contribution in [1.29, 1.82) is 0 Å². The van der Waals surface area contributed by atoms with E-state index < -0.39 is 0 Å². The molecule has 0 radical (unpaired) electrons. The van der Waals surface area contributed by atoms with Gasteiger partial charge in [0.15, 0.2) is 0 Å². The molecule has 0 aromatic carbocycles. The van der Waals surface area contributed by atoms with Crippen LogP contribution < -0.4 is 0 Å². The van der Waals surface area contributed by atoms with E-state index >= 15 is 0 Å². The Hall–Kier alpha value is -3.32. The Morgan fingerprint density at radius 1 is 1.07 bits per heavy atom. The molecule has 0 unspecified atom stereocenters. The molecule has 0 spiro atoms. The van der Waals surface area contributed by atoms with E-state index in [1.807, 2.05) is 36.5 Å². The Morgan fingerprint density at radius 2 is 2.07 bits per heavy atom. The highest BCUT2D eigenvalue weighted by atomic mass is 16.5. The van der Waals surface area contributed by atoms with Crippen LogP contribution in [0.3, 0.4) is 0 Å². The molecule has 1 aliphatic rings. The summed E-state index contributed by atoms with van der Waals surface area (Å²) in [5.74, 6) is 2.19. The molecular formula is C21H20N6O. The van der Waals surface area contributed by atoms with Crippen LogP contribution in [0.1, 0.15) is 30.5 Å². The standard InChI is InChI=1S/C21H20N6O/c1-2-11-23-19(9-1)27-13-4-7-17(27)15-26-12-5-8-18(26)21-24-20(25-28-21)16-6-3-10-22-14-16/h1-4,6-7,9-11,13-14,18H,5,8,12,15H2/t18-/m1/s1. The van der Waals surface area contributed by atoms with E-state index in [-0.39, 0.29) is 6.04 Å². The summed E-state index contributed by atoms with van der Waals surface area (Å²) < 4.78 is 7.75. The first kappa shape index (κ1) is 16.8. The predicted molar refractivity (Wildman–Crippen MR) is 103 cm³/mol. The average molecular weight is 372 g/mol. The minimum absolute atomic E-state index is 0.130. The zero-order valence-corrected chi connectivity index (χ0v) is 15.3. The minimum atomic E-state index is 0.130. The van der Waals surface area contributed by atoms with E-state index in [2.05, 4.69) is 47.9 Å². The van der Waals surface area contributed by atoms with Gasteiger partial charge in [-0.1, -0.05) is 11.2 Å². The lowest BCUT2D eigenvalue weighted by molar-refractivity contribution is 0.198. The molecule has 28 heavy (non-hydrogen) atoms. The van der Waals surface area contributed by atoms with Gasteiger partial charge < -0.3 is 9.09 Å². The fourth-order valence-electron chi connectivity index (χ4n) is 3.75. The molecule has 0 aliphatic carbocycles. The van der Waals surface area contributed by atoms with Crippen molar-refractivity contribution in [3.8, 4) is 17.2 Å². The van der Waals surface area contributed by atoms with Gasteiger partial charge in [-0.15, -0.1) is 0 Å². The van der Waals surface area contributed by atoms with Crippen molar-refractivity contribution < 1.29 is 4.52 Å². The van der Waals surface area contributed by atoms with Crippen LogP contribution in [0.15, 0.2) is 71.8 Å². The van der Waals surface area contributed by atoms with Gasteiger partial charge in [0, 0.05) is 42.6 Å². The summed E-state index contributed by atoms with van der Waals surface area (Å²) >= 11 is 0. The summed E-state index contributed by atoms with van der Waals surface area (Å²) in [4.78, 5) is 15.6. The summed E-state index contributed by atoms with van der Waals surface area (Å²) in [6.45, 7) is 1.81. The first-order valence-corrected chi connectivity index (χ1v) is 9.44. The molecular weight excluding hydrogens is 352 g/mol. The van der Waals surface area contributed by atoms with E-state index in [4.69, 9.17) is 4.52 Å². The molecule has 7 nitrogen and oxygen atoms in total. The first-order valence-electron chi connectivity index (χ1n) is 9.44. The smallest absolute Gasteiger partial charge is 0.244 e. The van der Waals surface area contributed by atoms with Gasteiger partial charge in [-0.2, -0.15) is 4.98 Å². The number of hydrogen-bond acceptors (Lipinski definition) is 6. The normalized spacial score (nSPS) is 17.2. The molecule has 0 bridgehead atoms. The van der Waals surface area contributed by atoms with Crippen molar-refractivity contribution in [1.82, 2.24) is 29.6 Å². The Kier molecular flexibility index (Phi) is 4.42. The van der Waals surface area contributed by atoms with Crippen molar-refractivity contribution in [3.05, 3.63) is 78.8 Å². The zero-order chi connectivity index (χ0) is 18.8. The first-order chi connectivity index (χ1) is 13.9. The maximum atomic E-state index is 5.62. The minimum Gasteiger partial charge on any atom is -0.337 e. The molecule has 0 amide bonds. The molecule has 5 rings (SSSR count). The van der Waals surface area contributed by atoms with Crippen LogP contribution in [0.2, 0.25) is 0 Å². The summed E-state index contributed by atoms with van der Waals surface area (Å²) in [5.41, 5.74) is 2.06. The van der Waals surface area contributed by atoms with Crippen LogP contribution in [0.25, 0.3) is 17.2 Å². The predicted octanol–water partition coefficient (Wildman–Crippen LogP) is 3.65. The second-order valence-corrected chi connectivity index (χ2v) is 6.88. The van der Waals surface area contributed by atoms with Crippen molar-refractivity contribution in [2.24, 2.45) is 0 Å². The third-order valence-electron chi connectivity index (χ3n) is 5.10. The van der Waals surface area contributed by atoms with Crippen LogP contribution >= 0.6 is 0 Å². The van der Waals surface area contributed by atoms with Crippen LogP contribution in [0.5, 0.6) is 0 Å². The lowest BCUT2D eigenvalue weighted by Crippen LogP contribution is -2.24. The van der Waals surface area contributed by atoms with Crippen LogP contribution in [-0.2, 0) is 6.54 Å². The second kappa shape index (κ2) is 7.36. The van der Waals surface area contributed by atoms with Crippen molar-refractivity contribution in [2.45, 2.75) is 25.4 Å². The molecule has 4 aromatic heterocycles. The lowest BCUT2D eigenvalue weighted by Gasteiger charge is -2.22. The SMILES string of the molecule is c1ccc(-n2cccc2CN2CCC[C@@H]2c2nc(-c3cccnc3)no2)nc1. The fourth-order valence-corrected chi connectivity index (χ4v) is 3.75. The van der Waals surface area contributed by atoms with E-state index in [1.165, 1.54) is 5.69 Å². The maximum absolute atomic E-state index is 5.62. The quantitative estimate of drug-likeness (QED) is 0.532. The van der Waals surface area contributed by atoms with E-state index in [1.54, 1.807) is 12.4 Å². The average Bonchev–Trinajstić information content (AvgIpc) is 3.50. The molecule has 4 aromatic rings. The van der Waals surface area contributed by atoms with Gasteiger partial charge in [-0.05, 0) is 55.8 Å². The third kappa shape index (κ3) is 3.20. The second-order valence-electron chi connectivity index (χ2n) is 6.88. The summed E-state index contributed by atoms with van der Waals surface area (Å²) in [7, 11) is 0. The van der Waals surface area contributed by atoms with Gasteiger partial charge in [0.05, 0.1) is 6.04 Å². The number of hydrogen-bond donors (Lipinski definition) is 0.